The molecule has 2 aromatic carbocycles. The average Bonchev–Trinajstić information content (AvgIpc) is 2.99. The monoisotopic (exact) mass is 353 g/mol. The van der Waals surface area contributed by atoms with E-state index in [0.29, 0.717) is 0 Å². The van der Waals surface area contributed by atoms with Crippen molar-refractivity contribution < 1.29 is 4.74 Å². The number of benzene rings is 2. The molecule has 0 radical (unpaired) electrons. The molecule has 0 atom stereocenters. The van der Waals surface area contributed by atoms with E-state index in [0.717, 1.165) is 43.3 Å². The third kappa shape index (κ3) is 1.89. The van der Waals surface area contributed by atoms with Crippen LogP contribution in [0.2, 0.25) is 0 Å². The number of pyridine rings is 1. The molecule has 2 aromatic heterocycles. The fourth-order valence-electron chi connectivity index (χ4n) is 2.74. The molecule has 0 saturated heterocycles. The number of nitrogens with zero attached hydrogens (tertiary/aromatic N) is 2. The lowest BCUT2D eigenvalue weighted by Crippen LogP contribution is -1.90. The summed E-state index contributed by atoms with van der Waals surface area (Å²) in [6.07, 6.45) is 1.77. The molecule has 0 aliphatic heterocycles. The number of ether oxygens (including phenoxy) is 1. The summed E-state index contributed by atoms with van der Waals surface area (Å²) < 4.78 is 6.39. The lowest BCUT2D eigenvalue weighted by Gasteiger charge is -2.08. The zero-order valence-electron chi connectivity index (χ0n) is 11.8. The number of aromatic nitrogens is 3. The zero-order valence-corrected chi connectivity index (χ0v) is 13.4. The van der Waals surface area contributed by atoms with Crippen molar-refractivity contribution in [2.45, 2.75) is 0 Å². The summed E-state index contributed by atoms with van der Waals surface area (Å²) in [5.41, 5.74) is 3.81. The minimum atomic E-state index is 0.768. The molecule has 4 rings (SSSR count). The Morgan fingerprint density at radius 1 is 1.00 bits per heavy atom. The molecule has 4 nitrogen and oxygen atoms in total. The van der Waals surface area contributed by atoms with Crippen molar-refractivity contribution in [1.82, 2.24) is 15.2 Å². The Hall–Kier alpha value is -2.40. The number of fused-ring (bicyclic) bond motifs is 2. The quantitative estimate of drug-likeness (QED) is 0.575. The van der Waals surface area contributed by atoms with Gasteiger partial charge in [-0.05, 0) is 40.2 Å². The molecule has 0 bridgehead atoms. The molecule has 0 saturated carbocycles. The van der Waals surface area contributed by atoms with Gasteiger partial charge in [0.1, 0.15) is 16.8 Å². The van der Waals surface area contributed by atoms with Gasteiger partial charge in [0.15, 0.2) is 0 Å². The van der Waals surface area contributed by atoms with Crippen LogP contribution in [-0.2, 0) is 0 Å². The highest BCUT2D eigenvalue weighted by Crippen LogP contribution is 2.36. The van der Waals surface area contributed by atoms with E-state index in [9.17, 15) is 0 Å². The molecule has 22 heavy (non-hydrogen) atoms. The van der Waals surface area contributed by atoms with E-state index in [4.69, 9.17) is 4.74 Å². The third-order valence-corrected chi connectivity index (χ3v) is 4.40. The Bertz CT molecular complexity index is 994. The summed E-state index contributed by atoms with van der Waals surface area (Å²) in [6, 6.07) is 14.0. The average molecular weight is 354 g/mol. The van der Waals surface area contributed by atoms with Gasteiger partial charge in [-0.1, -0.05) is 18.2 Å². The Morgan fingerprint density at radius 3 is 2.73 bits per heavy atom. The van der Waals surface area contributed by atoms with Crippen LogP contribution in [0.4, 0.5) is 0 Å². The summed E-state index contributed by atoms with van der Waals surface area (Å²) in [5.74, 6) is 0.768. The Balaban J connectivity index is 2.07. The van der Waals surface area contributed by atoms with Gasteiger partial charge in [0.25, 0.3) is 0 Å². The first-order chi connectivity index (χ1) is 10.8. The van der Waals surface area contributed by atoms with Crippen molar-refractivity contribution in [2.75, 3.05) is 7.11 Å². The Kier molecular flexibility index (Phi) is 3.08. The zero-order chi connectivity index (χ0) is 15.1. The van der Waals surface area contributed by atoms with Crippen molar-refractivity contribution >= 4 is 37.7 Å². The number of H-pyrrole nitrogens is 1. The first kappa shape index (κ1) is 13.3. The number of nitrogens with one attached hydrogen (secondary N) is 1. The highest BCUT2D eigenvalue weighted by molar-refractivity contribution is 9.10. The topological polar surface area (TPSA) is 50.8 Å². The van der Waals surface area contributed by atoms with Crippen LogP contribution >= 0.6 is 15.9 Å². The molecule has 1 N–H and O–H groups in total. The van der Waals surface area contributed by atoms with Crippen molar-refractivity contribution in [3.05, 3.63) is 53.1 Å². The molecule has 2 heterocycles. The predicted octanol–water partition coefficient (Wildman–Crippen LogP) is 4.55. The minimum absolute atomic E-state index is 0.768. The number of methoxy groups -OCH3 is 1. The molecule has 0 aliphatic carbocycles. The summed E-state index contributed by atoms with van der Waals surface area (Å²) in [4.78, 5) is 4.45. The number of rotatable bonds is 2. The van der Waals surface area contributed by atoms with E-state index >= 15 is 0 Å². The van der Waals surface area contributed by atoms with Crippen LogP contribution in [0.1, 0.15) is 0 Å². The maximum Gasteiger partial charge on any atom is 0.145 e. The molecule has 0 amide bonds. The maximum absolute atomic E-state index is 5.41. The smallest absolute Gasteiger partial charge is 0.145 e. The van der Waals surface area contributed by atoms with Crippen LogP contribution in [0.5, 0.6) is 5.75 Å². The van der Waals surface area contributed by atoms with E-state index in [2.05, 4.69) is 37.2 Å². The SMILES string of the molecule is COc1ccc(-c2[nH]nc3c(Br)cccc23)c2cccnc12. The molecule has 0 unspecified atom stereocenters. The van der Waals surface area contributed by atoms with Gasteiger partial charge in [-0.3, -0.25) is 10.1 Å². The second-order valence-corrected chi connectivity index (χ2v) is 5.80. The molecule has 0 aliphatic rings. The normalized spacial score (nSPS) is 11.2. The highest BCUT2D eigenvalue weighted by atomic mass is 79.9. The maximum atomic E-state index is 5.41. The third-order valence-electron chi connectivity index (χ3n) is 3.76. The van der Waals surface area contributed by atoms with E-state index in [1.807, 2.05) is 36.4 Å². The molecular weight excluding hydrogens is 342 g/mol. The van der Waals surface area contributed by atoms with Crippen molar-refractivity contribution in [3.63, 3.8) is 0 Å². The second-order valence-electron chi connectivity index (χ2n) is 4.95. The predicted molar refractivity (Wildman–Crippen MR) is 91.1 cm³/mol. The van der Waals surface area contributed by atoms with Crippen molar-refractivity contribution in [1.29, 1.82) is 0 Å². The van der Waals surface area contributed by atoms with E-state index in [1.165, 1.54) is 0 Å². The number of para-hydroxylation sites is 1. The Morgan fingerprint density at radius 2 is 1.86 bits per heavy atom. The van der Waals surface area contributed by atoms with Crippen LogP contribution in [0, 0.1) is 0 Å². The van der Waals surface area contributed by atoms with Crippen LogP contribution in [-0.4, -0.2) is 22.3 Å². The van der Waals surface area contributed by atoms with Gasteiger partial charge in [0.05, 0.1) is 12.8 Å². The van der Waals surface area contributed by atoms with Gasteiger partial charge in [-0.15, -0.1) is 0 Å². The van der Waals surface area contributed by atoms with E-state index in [-0.39, 0.29) is 0 Å². The Labute approximate surface area is 135 Å². The van der Waals surface area contributed by atoms with Gasteiger partial charge >= 0.3 is 0 Å². The molecule has 0 fully saturated rings. The lowest BCUT2D eigenvalue weighted by molar-refractivity contribution is 0.419. The molecule has 108 valence electrons. The first-order valence-electron chi connectivity index (χ1n) is 6.84. The second kappa shape index (κ2) is 5.10. The summed E-state index contributed by atoms with van der Waals surface area (Å²) >= 11 is 3.54. The number of aromatic amines is 1. The van der Waals surface area contributed by atoms with Crippen molar-refractivity contribution in [2.24, 2.45) is 0 Å². The van der Waals surface area contributed by atoms with Crippen molar-refractivity contribution in [3.8, 4) is 17.0 Å². The summed E-state index contributed by atoms with van der Waals surface area (Å²) in [6.45, 7) is 0. The van der Waals surface area contributed by atoms with Crippen LogP contribution in [0.3, 0.4) is 0 Å². The fourth-order valence-corrected chi connectivity index (χ4v) is 3.19. The summed E-state index contributed by atoms with van der Waals surface area (Å²) in [7, 11) is 1.66. The fraction of sp³-hybridized carbons (Fsp3) is 0.0588. The van der Waals surface area contributed by atoms with Gasteiger partial charge < -0.3 is 4.74 Å². The molecule has 5 heteroatoms. The summed E-state index contributed by atoms with van der Waals surface area (Å²) in [5, 5.41) is 9.68. The highest BCUT2D eigenvalue weighted by Gasteiger charge is 2.14. The van der Waals surface area contributed by atoms with Crippen LogP contribution in [0.25, 0.3) is 33.1 Å². The van der Waals surface area contributed by atoms with Gasteiger partial charge in [-0.25, -0.2) is 0 Å². The molecule has 0 spiro atoms. The largest absolute Gasteiger partial charge is 0.494 e. The van der Waals surface area contributed by atoms with Gasteiger partial charge in [0.2, 0.25) is 0 Å². The molecule has 4 aromatic rings. The standard InChI is InChI=1S/C17H12BrN3O/c1-22-14-8-7-11(10-5-3-9-19-17(10)14)15-12-4-2-6-13(18)16(12)21-20-15/h2-9H,1H3,(H,20,21). The lowest BCUT2D eigenvalue weighted by atomic mass is 10.0. The first-order valence-corrected chi connectivity index (χ1v) is 7.63. The number of halogens is 1. The van der Waals surface area contributed by atoms with E-state index < -0.39 is 0 Å². The number of hydrogen-bond acceptors (Lipinski definition) is 3. The van der Waals surface area contributed by atoms with Gasteiger partial charge in [0, 0.05) is 27.0 Å². The number of hydrogen-bond donors (Lipinski definition) is 1. The van der Waals surface area contributed by atoms with Crippen LogP contribution in [0.15, 0.2) is 53.1 Å². The molecular formula is C17H12BrN3O. The van der Waals surface area contributed by atoms with E-state index in [1.54, 1.807) is 13.3 Å². The van der Waals surface area contributed by atoms with Crippen LogP contribution < -0.4 is 4.74 Å². The van der Waals surface area contributed by atoms with Gasteiger partial charge in [-0.2, -0.15) is 5.10 Å². The minimum Gasteiger partial charge on any atom is -0.494 e.